The molecule has 2 aliphatic heterocycles. The van der Waals surface area contributed by atoms with E-state index < -0.39 is 84.9 Å². The summed E-state index contributed by atoms with van der Waals surface area (Å²) in [5.41, 5.74) is -0.878. The van der Waals surface area contributed by atoms with Gasteiger partial charge < -0.3 is 69.3 Å². The predicted molar refractivity (Wildman–Crippen MR) is 139 cm³/mol. The van der Waals surface area contributed by atoms with Crippen LogP contribution >= 0.6 is 0 Å². The van der Waals surface area contributed by atoms with Crippen LogP contribution < -0.4 is 10.2 Å². The van der Waals surface area contributed by atoms with Crippen LogP contribution in [0.25, 0.3) is 22.3 Å². The Morgan fingerprint density at radius 3 is 2.17 bits per heavy atom. The summed E-state index contributed by atoms with van der Waals surface area (Å²) in [4.78, 5) is 12.8. The Morgan fingerprint density at radius 1 is 0.833 bits per heavy atom. The molecule has 1 aromatic heterocycles. The van der Waals surface area contributed by atoms with Gasteiger partial charge in [0.05, 0.1) is 12.7 Å². The van der Waals surface area contributed by atoms with Crippen LogP contribution in [0.15, 0.2) is 45.6 Å². The van der Waals surface area contributed by atoms with Crippen LogP contribution in [0.5, 0.6) is 23.0 Å². The Bertz CT molecular complexity index is 1470. The van der Waals surface area contributed by atoms with Gasteiger partial charge in [-0.25, -0.2) is 0 Å². The van der Waals surface area contributed by atoms with Crippen molar-refractivity contribution in [1.82, 2.24) is 0 Å². The van der Waals surface area contributed by atoms with Crippen LogP contribution in [-0.4, -0.2) is 114 Å². The van der Waals surface area contributed by atoms with Crippen molar-refractivity contribution in [2.75, 3.05) is 6.61 Å². The van der Waals surface area contributed by atoms with Gasteiger partial charge in [-0.1, -0.05) is 0 Å². The van der Waals surface area contributed by atoms with Crippen molar-refractivity contribution in [1.29, 1.82) is 0 Å². The van der Waals surface area contributed by atoms with Crippen LogP contribution in [-0.2, 0) is 14.2 Å². The van der Waals surface area contributed by atoms with Gasteiger partial charge in [0, 0.05) is 17.7 Å². The first-order valence-electron chi connectivity index (χ1n) is 12.9. The third-order valence-electron chi connectivity index (χ3n) is 7.22. The number of hydrogen-bond acceptors (Lipinski definition) is 15. The molecule has 3 heterocycles. The lowest BCUT2D eigenvalue weighted by Gasteiger charge is -2.45. The molecule has 0 radical (unpaired) electrons. The zero-order chi connectivity index (χ0) is 30.5. The Labute approximate surface area is 236 Å². The average molecular weight is 595 g/mol. The van der Waals surface area contributed by atoms with Gasteiger partial charge in [0.25, 0.3) is 0 Å². The highest BCUT2D eigenvalue weighted by Gasteiger charge is 2.50. The van der Waals surface area contributed by atoms with E-state index in [0.717, 1.165) is 6.07 Å². The van der Waals surface area contributed by atoms with Crippen molar-refractivity contribution in [3.63, 3.8) is 0 Å². The van der Waals surface area contributed by atoms with Gasteiger partial charge in [0.1, 0.15) is 70.9 Å². The number of hydrogen-bond donors (Lipinski definition) is 9. The molecule has 15 heteroatoms. The number of aliphatic hydroxyl groups is 6. The first kappa shape index (κ1) is 30.0. The number of benzene rings is 2. The maximum Gasteiger partial charge on any atom is 0.238 e. The Balaban J connectivity index is 1.37. The van der Waals surface area contributed by atoms with Crippen LogP contribution in [0.1, 0.15) is 6.92 Å². The van der Waals surface area contributed by atoms with Crippen LogP contribution in [0.3, 0.4) is 0 Å². The molecule has 0 saturated carbocycles. The van der Waals surface area contributed by atoms with Crippen molar-refractivity contribution in [2.24, 2.45) is 0 Å². The maximum absolute atomic E-state index is 12.8. The molecular formula is C27H30O15. The first-order chi connectivity index (χ1) is 19.9. The fourth-order valence-electron chi connectivity index (χ4n) is 4.90. The standard InChI is InChI=1S/C27H30O15/c1-9-24(42-27-22(36)19(33)17(31)15(8-28)41-27)21(35)23(37)26(38-9)39-12-6-13(30)16-14(7-12)40-25(20(34)18(16)32)10-2-4-11(29)5-3-10/h2-7,9,15,17,19,21-24,26-31,33-37H,8H2,1H3. The molecule has 0 aliphatic carbocycles. The van der Waals surface area contributed by atoms with E-state index in [1.807, 2.05) is 0 Å². The molecule has 2 fully saturated rings. The Morgan fingerprint density at radius 2 is 1.50 bits per heavy atom. The van der Waals surface area contributed by atoms with Crippen LogP contribution in [0, 0.1) is 0 Å². The number of fused-ring (bicyclic) bond motifs is 1. The molecule has 0 spiro atoms. The van der Waals surface area contributed by atoms with E-state index in [9.17, 15) is 50.8 Å². The van der Waals surface area contributed by atoms with E-state index in [1.165, 1.54) is 37.3 Å². The molecule has 2 saturated heterocycles. The number of aromatic hydroxyl groups is 3. The number of phenols is 2. The third-order valence-corrected chi connectivity index (χ3v) is 7.22. The molecule has 10 atom stereocenters. The summed E-state index contributed by atoms with van der Waals surface area (Å²) in [6.07, 6.45) is -15.3. The predicted octanol–water partition coefficient (Wildman–Crippen LogP) is -1.39. The summed E-state index contributed by atoms with van der Waals surface area (Å²) in [5, 5.41) is 91.3. The summed E-state index contributed by atoms with van der Waals surface area (Å²) in [5.74, 6) is -1.84. The van der Waals surface area contributed by atoms with Gasteiger partial charge in [0.2, 0.25) is 17.5 Å². The van der Waals surface area contributed by atoms with Crippen LogP contribution in [0.2, 0.25) is 0 Å². The SMILES string of the molecule is CC1OC(Oc2cc(O)c3c(=O)c(O)c(-c4ccc(O)cc4)oc3c2)C(O)C(O)C1OC1OC(CO)C(O)C(O)C1O. The van der Waals surface area contributed by atoms with Crippen molar-refractivity contribution >= 4 is 11.0 Å². The molecule has 3 aromatic rings. The van der Waals surface area contributed by atoms with Gasteiger partial charge in [-0.3, -0.25) is 4.79 Å². The van der Waals surface area contributed by atoms with E-state index >= 15 is 0 Å². The number of ether oxygens (including phenoxy) is 4. The number of phenolic OH excluding ortho intramolecular Hbond substituents is 2. The third kappa shape index (κ3) is 5.37. The lowest BCUT2D eigenvalue weighted by atomic mass is 9.97. The smallest absolute Gasteiger partial charge is 0.238 e. The van der Waals surface area contributed by atoms with Crippen molar-refractivity contribution < 1.29 is 69.3 Å². The molecule has 10 unspecified atom stereocenters. The van der Waals surface area contributed by atoms with Gasteiger partial charge >= 0.3 is 0 Å². The molecule has 42 heavy (non-hydrogen) atoms. The highest BCUT2D eigenvalue weighted by atomic mass is 16.7. The number of rotatable bonds is 6. The fourth-order valence-corrected chi connectivity index (χ4v) is 4.90. The van der Waals surface area contributed by atoms with Gasteiger partial charge in [0.15, 0.2) is 12.1 Å². The first-order valence-corrected chi connectivity index (χ1v) is 12.9. The second kappa shape index (κ2) is 11.6. The molecule has 5 rings (SSSR count). The summed E-state index contributed by atoms with van der Waals surface area (Å²) in [6.45, 7) is 0.751. The highest BCUT2D eigenvalue weighted by Crippen LogP contribution is 2.37. The monoisotopic (exact) mass is 594 g/mol. The molecule has 0 amide bonds. The largest absolute Gasteiger partial charge is 0.508 e. The van der Waals surface area contributed by atoms with Gasteiger partial charge in [-0.2, -0.15) is 0 Å². The summed E-state index contributed by atoms with van der Waals surface area (Å²) < 4.78 is 27.9. The molecular weight excluding hydrogens is 564 g/mol. The van der Waals surface area contributed by atoms with Crippen LogP contribution in [0.4, 0.5) is 0 Å². The molecule has 2 aromatic carbocycles. The minimum atomic E-state index is -1.77. The molecule has 2 aliphatic rings. The summed E-state index contributed by atoms with van der Waals surface area (Å²) >= 11 is 0. The summed E-state index contributed by atoms with van der Waals surface area (Å²) in [6, 6.07) is 7.65. The van der Waals surface area contributed by atoms with E-state index in [2.05, 4.69) is 0 Å². The van der Waals surface area contributed by atoms with Crippen molar-refractivity contribution in [2.45, 2.75) is 68.3 Å². The summed E-state index contributed by atoms with van der Waals surface area (Å²) in [7, 11) is 0. The highest BCUT2D eigenvalue weighted by molar-refractivity contribution is 5.88. The zero-order valence-electron chi connectivity index (χ0n) is 21.9. The van der Waals surface area contributed by atoms with E-state index in [-0.39, 0.29) is 33.8 Å². The van der Waals surface area contributed by atoms with Gasteiger partial charge in [-0.05, 0) is 31.2 Å². The topological polar surface area (TPSA) is 249 Å². The van der Waals surface area contributed by atoms with Crippen molar-refractivity contribution in [3.8, 4) is 34.3 Å². The lowest BCUT2D eigenvalue weighted by molar-refractivity contribution is -0.348. The molecule has 0 bridgehead atoms. The second-order valence-electron chi connectivity index (χ2n) is 10.1. The van der Waals surface area contributed by atoms with E-state index in [0.29, 0.717) is 0 Å². The minimum Gasteiger partial charge on any atom is -0.508 e. The quantitative estimate of drug-likeness (QED) is 0.159. The molecule has 9 N–H and O–H groups in total. The molecule has 228 valence electrons. The molecule has 15 nitrogen and oxygen atoms in total. The maximum atomic E-state index is 12.8. The average Bonchev–Trinajstić information content (AvgIpc) is 2.96. The normalized spacial score (nSPS) is 33.5. The minimum absolute atomic E-state index is 0.0574. The van der Waals surface area contributed by atoms with Crippen molar-refractivity contribution in [3.05, 3.63) is 46.6 Å². The van der Waals surface area contributed by atoms with Gasteiger partial charge in [-0.15, -0.1) is 0 Å². The Kier molecular flexibility index (Phi) is 8.30. The van der Waals surface area contributed by atoms with E-state index in [1.54, 1.807) is 0 Å². The Hall–Kier alpha value is -3.51. The van der Waals surface area contributed by atoms with E-state index in [4.69, 9.17) is 23.4 Å². The second-order valence-corrected chi connectivity index (χ2v) is 10.1. The lowest BCUT2D eigenvalue weighted by Crippen LogP contribution is -2.64. The number of aliphatic hydroxyl groups excluding tert-OH is 6. The zero-order valence-corrected chi connectivity index (χ0v) is 21.9. The fraction of sp³-hybridized carbons (Fsp3) is 0.444.